The molecule has 0 bridgehead atoms. The summed E-state index contributed by atoms with van der Waals surface area (Å²) in [6, 6.07) is 0.551. The van der Waals surface area contributed by atoms with E-state index in [1.165, 1.54) is 0 Å². The summed E-state index contributed by atoms with van der Waals surface area (Å²) in [6.07, 6.45) is -3.04. The molecule has 5 nitrogen and oxygen atoms in total. The molecule has 110 valence electrons. The third kappa shape index (κ3) is 4.22. The standard InChI is InChI=1S/C12H13F3N2O3/c1-2-3-8(11(19)20)17-10(18)7-4-5-9(16-6-7)12(13,14)15/h4-6,8H,2-3H2,1H3,(H,17,18)(H,19,20)/t8-/m1/s1. The molecule has 0 radical (unpaired) electrons. The molecule has 0 aromatic carbocycles. The molecule has 20 heavy (non-hydrogen) atoms. The number of nitrogens with one attached hydrogen (secondary N) is 1. The Hall–Kier alpha value is -2.12. The van der Waals surface area contributed by atoms with E-state index in [1.807, 2.05) is 0 Å². The summed E-state index contributed by atoms with van der Waals surface area (Å²) in [5, 5.41) is 11.1. The maximum absolute atomic E-state index is 12.3. The second-order valence-corrected chi connectivity index (χ2v) is 4.08. The van der Waals surface area contributed by atoms with Crippen molar-refractivity contribution in [2.45, 2.75) is 32.0 Å². The minimum absolute atomic E-state index is 0.125. The summed E-state index contributed by atoms with van der Waals surface area (Å²) in [7, 11) is 0. The van der Waals surface area contributed by atoms with E-state index in [0.29, 0.717) is 12.5 Å². The Kier molecular flexibility index (Phi) is 5.06. The fourth-order valence-corrected chi connectivity index (χ4v) is 1.48. The molecule has 2 N–H and O–H groups in total. The summed E-state index contributed by atoms with van der Waals surface area (Å²) in [5.74, 6) is -1.97. The van der Waals surface area contributed by atoms with Gasteiger partial charge in [0, 0.05) is 6.20 Å². The third-order valence-electron chi connectivity index (χ3n) is 2.50. The van der Waals surface area contributed by atoms with Crippen LogP contribution in [0, 0.1) is 0 Å². The normalized spacial score (nSPS) is 12.8. The van der Waals surface area contributed by atoms with Crippen LogP contribution in [0.4, 0.5) is 13.2 Å². The molecule has 0 spiro atoms. The second kappa shape index (κ2) is 6.36. The van der Waals surface area contributed by atoms with Gasteiger partial charge in [-0.2, -0.15) is 13.2 Å². The lowest BCUT2D eigenvalue weighted by Gasteiger charge is -2.13. The van der Waals surface area contributed by atoms with Crippen LogP contribution in [-0.4, -0.2) is 28.0 Å². The van der Waals surface area contributed by atoms with E-state index in [9.17, 15) is 22.8 Å². The van der Waals surface area contributed by atoms with E-state index in [2.05, 4.69) is 10.3 Å². The highest BCUT2D eigenvalue weighted by Crippen LogP contribution is 2.27. The van der Waals surface area contributed by atoms with Crippen LogP contribution in [0.2, 0.25) is 0 Å². The lowest BCUT2D eigenvalue weighted by molar-refractivity contribution is -0.141. The Morgan fingerprint density at radius 1 is 1.40 bits per heavy atom. The highest BCUT2D eigenvalue weighted by molar-refractivity contribution is 5.96. The van der Waals surface area contributed by atoms with Crippen molar-refractivity contribution in [2.75, 3.05) is 0 Å². The van der Waals surface area contributed by atoms with Crippen molar-refractivity contribution in [1.29, 1.82) is 0 Å². The lowest BCUT2D eigenvalue weighted by atomic mass is 10.1. The number of aliphatic carboxylic acids is 1. The van der Waals surface area contributed by atoms with E-state index in [1.54, 1.807) is 6.92 Å². The first-order chi connectivity index (χ1) is 9.25. The number of hydrogen-bond acceptors (Lipinski definition) is 3. The SMILES string of the molecule is CCC[C@@H](NC(=O)c1ccc(C(F)(F)F)nc1)C(=O)O. The van der Waals surface area contributed by atoms with Gasteiger partial charge in [0.15, 0.2) is 0 Å². The van der Waals surface area contributed by atoms with Crippen LogP contribution >= 0.6 is 0 Å². The highest BCUT2D eigenvalue weighted by atomic mass is 19.4. The van der Waals surface area contributed by atoms with Gasteiger partial charge in [0.2, 0.25) is 0 Å². The second-order valence-electron chi connectivity index (χ2n) is 4.08. The largest absolute Gasteiger partial charge is 0.480 e. The van der Waals surface area contributed by atoms with Crippen LogP contribution in [0.15, 0.2) is 18.3 Å². The Bertz CT molecular complexity index is 486. The summed E-state index contributed by atoms with van der Waals surface area (Å²) in [6.45, 7) is 1.75. The molecule has 1 amide bonds. The molecule has 1 atom stereocenters. The van der Waals surface area contributed by atoms with Crippen molar-refractivity contribution in [2.24, 2.45) is 0 Å². The molecule has 0 unspecified atom stereocenters. The highest BCUT2D eigenvalue weighted by Gasteiger charge is 2.32. The fourth-order valence-electron chi connectivity index (χ4n) is 1.48. The smallest absolute Gasteiger partial charge is 0.433 e. The Morgan fingerprint density at radius 3 is 2.45 bits per heavy atom. The summed E-state index contributed by atoms with van der Waals surface area (Å²) in [5.41, 5.74) is -1.24. The molecule has 1 heterocycles. The summed E-state index contributed by atoms with van der Waals surface area (Å²) < 4.78 is 36.9. The Morgan fingerprint density at radius 2 is 2.05 bits per heavy atom. The molecular weight excluding hydrogens is 277 g/mol. The number of carboxylic acids is 1. The summed E-state index contributed by atoms with van der Waals surface area (Å²) >= 11 is 0. The van der Waals surface area contributed by atoms with E-state index < -0.39 is 29.8 Å². The van der Waals surface area contributed by atoms with Gasteiger partial charge in [-0.15, -0.1) is 0 Å². The molecule has 0 aliphatic rings. The third-order valence-corrected chi connectivity index (χ3v) is 2.50. The molecule has 0 fully saturated rings. The zero-order valence-corrected chi connectivity index (χ0v) is 10.6. The Balaban J connectivity index is 2.80. The molecule has 0 saturated heterocycles. The van der Waals surface area contributed by atoms with E-state index >= 15 is 0 Å². The first-order valence-corrected chi connectivity index (χ1v) is 5.82. The van der Waals surface area contributed by atoms with Crippen molar-refractivity contribution in [1.82, 2.24) is 10.3 Å². The predicted molar refractivity (Wildman–Crippen MR) is 63.0 cm³/mol. The Labute approximate surface area is 112 Å². The number of carbonyl (C=O) groups is 2. The van der Waals surface area contributed by atoms with Crippen LogP contribution < -0.4 is 5.32 Å². The van der Waals surface area contributed by atoms with Gasteiger partial charge in [-0.3, -0.25) is 9.78 Å². The number of halogens is 3. The van der Waals surface area contributed by atoms with Gasteiger partial charge in [-0.1, -0.05) is 13.3 Å². The fraction of sp³-hybridized carbons (Fsp3) is 0.417. The number of hydrogen-bond donors (Lipinski definition) is 2. The van der Waals surface area contributed by atoms with Crippen LogP contribution in [-0.2, 0) is 11.0 Å². The average molecular weight is 290 g/mol. The molecule has 8 heteroatoms. The van der Waals surface area contributed by atoms with Gasteiger partial charge in [-0.05, 0) is 18.6 Å². The van der Waals surface area contributed by atoms with Crippen molar-refractivity contribution in [3.05, 3.63) is 29.6 Å². The molecular formula is C12H13F3N2O3. The van der Waals surface area contributed by atoms with Crippen molar-refractivity contribution in [3.8, 4) is 0 Å². The number of alkyl halides is 3. The topological polar surface area (TPSA) is 79.3 Å². The lowest BCUT2D eigenvalue weighted by Crippen LogP contribution is -2.40. The van der Waals surface area contributed by atoms with Gasteiger partial charge in [0.1, 0.15) is 11.7 Å². The van der Waals surface area contributed by atoms with Gasteiger partial charge in [0.25, 0.3) is 5.91 Å². The van der Waals surface area contributed by atoms with Crippen LogP contribution in [0.25, 0.3) is 0 Å². The van der Waals surface area contributed by atoms with Gasteiger partial charge < -0.3 is 10.4 Å². The van der Waals surface area contributed by atoms with Crippen LogP contribution in [0.1, 0.15) is 35.8 Å². The van der Waals surface area contributed by atoms with E-state index in [0.717, 1.165) is 12.3 Å². The average Bonchev–Trinajstić information content (AvgIpc) is 2.37. The predicted octanol–water partition coefficient (Wildman–Crippen LogP) is 2.08. The van der Waals surface area contributed by atoms with Gasteiger partial charge >= 0.3 is 12.1 Å². The number of carboxylic acid groups (broad SMARTS) is 1. The zero-order chi connectivity index (χ0) is 15.3. The first kappa shape index (κ1) is 15.9. The van der Waals surface area contributed by atoms with Crippen LogP contribution in [0.3, 0.4) is 0 Å². The molecule has 0 aliphatic heterocycles. The summed E-state index contributed by atoms with van der Waals surface area (Å²) in [4.78, 5) is 25.7. The number of carbonyl (C=O) groups excluding carboxylic acids is 1. The van der Waals surface area contributed by atoms with Crippen molar-refractivity contribution < 1.29 is 27.9 Å². The molecule has 1 aromatic heterocycles. The quantitative estimate of drug-likeness (QED) is 0.870. The number of amides is 1. The monoisotopic (exact) mass is 290 g/mol. The number of rotatable bonds is 5. The van der Waals surface area contributed by atoms with E-state index in [4.69, 9.17) is 5.11 Å². The molecule has 0 aliphatic carbocycles. The first-order valence-electron chi connectivity index (χ1n) is 5.82. The van der Waals surface area contributed by atoms with Gasteiger partial charge in [-0.25, -0.2) is 4.79 Å². The maximum Gasteiger partial charge on any atom is 0.433 e. The number of nitrogens with zero attached hydrogens (tertiary/aromatic N) is 1. The van der Waals surface area contributed by atoms with Crippen LogP contribution in [0.5, 0.6) is 0 Å². The molecule has 1 aromatic rings. The number of aromatic nitrogens is 1. The van der Waals surface area contributed by atoms with E-state index in [-0.39, 0.29) is 12.0 Å². The van der Waals surface area contributed by atoms with Gasteiger partial charge in [0.05, 0.1) is 5.56 Å². The maximum atomic E-state index is 12.3. The molecule has 0 saturated carbocycles. The van der Waals surface area contributed by atoms with Crippen molar-refractivity contribution >= 4 is 11.9 Å². The molecule has 1 rings (SSSR count). The van der Waals surface area contributed by atoms with Crippen molar-refractivity contribution in [3.63, 3.8) is 0 Å². The zero-order valence-electron chi connectivity index (χ0n) is 10.6. The minimum Gasteiger partial charge on any atom is -0.480 e. The minimum atomic E-state index is -4.58. The number of pyridine rings is 1.